The number of allylic oxidation sites excluding steroid dienone is 1. The zero-order valence-corrected chi connectivity index (χ0v) is 16.2. The molecule has 3 atom stereocenters. The van der Waals surface area contributed by atoms with E-state index in [1.165, 1.54) is 42.4 Å². The van der Waals surface area contributed by atoms with Gasteiger partial charge in [0.2, 0.25) is 0 Å². The van der Waals surface area contributed by atoms with Crippen molar-refractivity contribution in [1.29, 1.82) is 0 Å². The Morgan fingerprint density at radius 2 is 1.69 bits per heavy atom. The molecular formula is C23H32NO2+. The molecule has 1 aromatic rings. The zero-order valence-electron chi connectivity index (χ0n) is 16.2. The first-order valence-electron chi connectivity index (χ1n) is 10.3. The Kier molecular flexibility index (Phi) is 4.92. The molecule has 0 spiro atoms. The Labute approximate surface area is 157 Å². The van der Waals surface area contributed by atoms with Crippen LogP contribution in [0.4, 0.5) is 0 Å². The van der Waals surface area contributed by atoms with Gasteiger partial charge in [-0.2, -0.15) is 0 Å². The molecule has 3 nitrogen and oxygen atoms in total. The molecule has 3 heteroatoms. The summed E-state index contributed by atoms with van der Waals surface area (Å²) < 4.78 is 7.09. The summed E-state index contributed by atoms with van der Waals surface area (Å²) in [6, 6.07) is 11.9. The van der Waals surface area contributed by atoms with Crippen molar-refractivity contribution in [3.05, 3.63) is 41.5 Å². The van der Waals surface area contributed by atoms with Crippen molar-refractivity contribution < 1.29 is 14.0 Å². The van der Waals surface area contributed by atoms with E-state index >= 15 is 0 Å². The summed E-state index contributed by atoms with van der Waals surface area (Å²) in [6.45, 7) is 0. The minimum Gasteiger partial charge on any atom is -0.462 e. The van der Waals surface area contributed by atoms with E-state index in [2.05, 4.69) is 44.4 Å². The highest BCUT2D eigenvalue weighted by atomic mass is 16.5. The third-order valence-corrected chi connectivity index (χ3v) is 7.15. The molecule has 0 saturated carbocycles. The van der Waals surface area contributed by atoms with Gasteiger partial charge in [0.15, 0.2) is 0 Å². The molecule has 0 aromatic heterocycles. The van der Waals surface area contributed by atoms with Crippen LogP contribution in [0.5, 0.6) is 0 Å². The number of carbonyl (C=O) groups excluding carboxylic acids is 1. The lowest BCUT2D eigenvalue weighted by Crippen LogP contribution is -2.56. The zero-order chi connectivity index (χ0) is 18.1. The molecule has 2 saturated heterocycles. The molecule has 0 amide bonds. The molecule has 2 fully saturated rings. The van der Waals surface area contributed by atoms with Gasteiger partial charge in [-0.25, -0.2) is 0 Å². The highest BCUT2D eigenvalue weighted by molar-refractivity contribution is 5.79. The number of rotatable bonds is 4. The predicted octanol–water partition coefficient (Wildman–Crippen LogP) is 4.72. The first-order chi connectivity index (χ1) is 12.5. The van der Waals surface area contributed by atoms with Crippen molar-refractivity contribution in [3.63, 3.8) is 0 Å². The van der Waals surface area contributed by atoms with Gasteiger partial charge in [0.05, 0.1) is 32.6 Å². The van der Waals surface area contributed by atoms with Crippen molar-refractivity contribution in [2.75, 3.05) is 14.1 Å². The highest BCUT2D eigenvalue weighted by Crippen LogP contribution is 2.41. The van der Waals surface area contributed by atoms with Crippen LogP contribution in [0.25, 0.3) is 5.57 Å². The number of benzene rings is 1. The van der Waals surface area contributed by atoms with Crippen LogP contribution in [0, 0.1) is 0 Å². The average Bonchev–Trinajstić information content (AvgIpc) is 2.80. The fourth-order valence-electron chi connectivity index (χ4n) is 5.48. The molecule has 1 aromatic carbocycles. The largest absolute Gasteiger partial charge is 0.462 e. The van der Waals surface area contributed by atoms with Gasteiger partial charge >= 0.3 is 5.97 Å². The molecule has 3 aliphatic rings. The smallest absolute Gasteiger partial charge is 0.310 e. The monoisotopic (exact) mass is 354 g/mol. The molecular weight excluding hydrogens is 322 g/mol. The van der Waals surface area contributed by atoms with Crippen LogP contribution < -0.4 is 0 Å². The van der Waals surface area contributed by atoms with Crippen molar-refractivity contribution in [2.24, 2.45) is 0 Å². The molecule has 0 N–H and O–H groups in total. The van der Waals surface area contributed by atoms with Crippen LogP contribution in [0.15, 0.2) is 35.9 Å². The minimum absolute atomic E-state index is 0.00747. The normalized spacial score (nSPS) is 30.3. The second-order valence-corrected chi connectivity index (χ2v) is 8.93. The molecule has 2 aliphatic heterocycles. The summed E-state index contributed by atoms with van der Waals surface area (Å²) in [5.41, 5.74) is 3.97. The Bertz CT molecular complexity index is 675. The van der Waals surface area contributed by atoms with Gasteiger partial charge in [0.1, 0.15) is 6.10 Å². The Balaban J connectivity index is 1.42. The Morgan fingerprint density at radius 3 is 2.38 bits per heavy atom. The summed E-state index contributed by atoms with van der Waals surface area (Å²) in [5, 5.41) is 0. The van der Waals surface area contributed by atoms with Gasteiger partial charge in [-0.15, -0.1) is 0 Å². The van der Waals surface area contributed by atoms with Crippen LogP contribution in [0.2, 0.25) is 0 Å². The lowest BCUT2D eigenvalue weighted by molar-refractivity contribution is -0.931. The third-order valence-electron chi connectivity index (χ3n) is 7.15. The van der Waals surface area contributed by atoms with E-state index in [1.54, 1.807) is 0 Å². The fraction of sp³-hybridized carbons (Fsp3) is 0.609. The van der Waals surface area contributed by atoms with E-state index in [0.29, 0.717) is 18.5 Å². The van der Waals surface area contributed by atoms with E-state index in [1.807, 2.05) is 0 Å². The van der Waals surface area contributed by atoms with E-state index in [-0.39, 0.29) is 12.1 Å². The van der Waals surface area contributed by atoms with E-state index in [4.69, 9.17) is 4.74 Å². The summed E-state index contributed by atoms with van der Waals surface area (Å²) >= 11 is 0. The van der Waals surface area contributed by atoms with Gasteiger partial charge in [-0.05, 0) is 36.8 Å². The van der Waals surface area contributed by atoms with Crippen LogP contribution >= 0.6 is 0 Å². The molecule has 1 aliphatic carbocycles. The van der Waals surface area contributed by atoms with Crippen molar-refractivity contribution >= 4 is 11.5 Å². The topological polar surface area (TPSA) is 26.3 Å². The summed E-state index contributed by atoms with van der Waals surface area (Å²) in [6.07, 6.45) is 9.82. The predicted molar refractivity (Wildman–Crippen MR) is 104 cm³/mol. The Morgan fingerprint density at radius 1 is 1.04 bits per heavy atom. The van der Waals surface area contributed by atoms with Crippen molar-refractivity contribution in [3.8, 4) is 0 Å². The van der Waals surface area contributed by atoms with Gasteiger partial charge in [-0.1, -0.05) is 35.9 Å². The summed E-state index contributed by atoms with van der Waals surface area (Å²) in [7, 11) is 4.69. The lowest BCUT2D eigenvalue weighted by Gasteiger charge is -2.43. The van der Waals surface area contributed by atoms with Gasteiger partial charge in [0, 0.05) is 25.7 Å². The second-order valence-electron chi connectivity index (χ2n) is 8.93. The molecule has 1 unspecified atom stereocenters. The van der Waals surface area contributed by atoms with Crippen LogP contribution in [0.1, 0.15) is 63.4 Å². The maximum Gasteiger partial charge on any atom is 0.310 e. The first-order valence-corrected chi connectivity index (χ1v) is 10.3. The van der Waals surface area contributed by atoms with Crippen LogP contribution in [-0.4, -0.2) is 42.7 Å². The number of esters is 1. The van der Waals surface area contributed by atoms with E-state index in [0.717, 1.165) is 30.2 Å². The number of ether oxygens (including phenoxy) is 1. The van der Waals surface area contributed by atoms with Crippen molar-refractivity contribution in [1.82, 2.24) is 0 Å². The fourth-order valence-corrected chi connectivity index (χ4v) is 5.48. The highest BCUT2D eigenvalue weighted by Gasteiger charge is 2.49. The SMILES string of the molecule is C[N+]1(C)[C@@H]2CC[C@H]1CC(OC(=O)CC1=C(c3ccccc3)CCCC1)C2. The summed E-state index contributed by atoms with van der Waals surface area (Å²) in [4.78, 5) is 12.7. The first kappa shape index (κ1) is 17.8. The maximum absolute atomic E-state index is 12.7. The lowest BCUT2D eigenvalue weighted by atomic mass is 9.86. The molecule has 0 radical (unpaired) electrons. The number of carbonyl (C=O) groups is 1. The van der Waals surface area contributed by atoms with Crippen LogP contribution in [-0.2, 0) is 9.53 Å². The van der Waals surface area contributed by atoms with Crippen molar-refractivity contribution in [2.45, 2.75) is 76.0 Å². The summed E-state index contributed by atoms with van der Waals surface area (Å²) in [5.74, 6) is -0.00747. The van der Waals surface area contributed by atoms with E-state index in [9.17, 15) is 4.79 Å². The van der Waals surface area contributed by atoms with Gasteiger partial charge in [-0.3, -0.25) is 4.79 Å². The number of hydrogen-bond acceptors (Lipinski definition) is 2. The molecule has 4 rings (SSSR count). The Hall–Kier alpha value is -1.61. The quantitative estimate of drug-likeness (QED) is 0.578. The maximum atomic E-state index is 12.7. The average molecular weight is 355 g/mol. The number of nitrogens with zero attached hydrogens (tertiary/aromatic N) is 1. The molecule has 2 heterocycles. The number of fused-ring (bicyclic) bond motifs is 2. The third kappa shape index (κ3) is 3.46. The number of piperidine rings is 1. The van der Waals surface area contributed by atoms with E-state index < -0.39 is 0 Å². The van der Waals surface area contributed by atoms with Crippen LogP contribution in [0.3, 0.4) is 0 Å². The molecule has 140 valence electrons. The number of hydrogen-bond donors (Lipinski definition) is 0. The minimum atomic E-state index is -0.00747. The molecule has 2 bridgehead atoms. The number of quaternary nitrogens is 1. The standard InChI is InChI=1S/C23H32NO2/c1-24(2)19-12-13-20(24)16-21(15-19)26-23(25)14-18-10-6-7-11-22(18)17-8-4-3-5-9-17/h3-5,8-9,19-21H,6-7,10-16H2,1-2H3/q+1/t19-,20+,21?. The van der Waals surface area contributed by atoms with Gasteiger partial charge in [0.25, 0.3) is 0 Å². The molecule has 26 heavy (non-hydrogen) atoms. The second kappa shape index (κ2) is 7.19. The van der Waals surface area contributed by atoms with Gasteiger partial charge < -0.3 is 9.22 Å².